The fourth-order valence-electron chi connectivity index (χ4n) is 4.18. The summed E-state index contributed by atoms with van der Waals surface area (Å²) in [5, 5.41) is 12.7. The lowest BCUT2D eigenvalue weighted by molar-refractivity contribution is -0.151. The first-order valence-corrected chi connectivity index (χ1v) is 11.5. The van der Waals surface area contributed by atoms with Crippen LogP contribution >= 0.6 is 11.6 Å². The van der Waals surface area contributed by atoms with Crippen LogP contribution in [0.1, 0.15) is 37.0 Å². The highest BCUT2D eigenvalue weighted by Crippen LogP contribution is 2.40. The summed E-state index contributed by atoms with van der Waals surface area (Å²) in [6.45, 7) is 4.40. The second kappa shape index (κ2) is 10.2. The van der Waals surface area contributed by atoms with Crippen LogP contribution in [0.15, 0.2) is 73.1 Å². The lowest BCUT2D eigenvalue weighted by Crippen LogP contribution is -2.18. The summed E-state index contributed by atoms with van der Waals surface area (Å²) in [7, 11) is 0. The number of aryl methyl sites for hydroxylation is 1. The van der Waals surface area contributed by atoms with Crippen molar-refractivity contribution < 1.29 is 14.6 Å². The third kappa shape index (κ3) is 4.92. The zero-order chi connectivity index (χ0) is 23.4. The van der Waals surface area contributed by atoms with Gasteiger partial charge in [0, 0.05) is 29.6 Å². The molecule has 0 radical (unpaired) electrons. The normalized spacial score (nSPS) is 12.1. The van der Waals surface area contributed by atoms with Crippen LogP contribution in [0.5, 0.6) is 0 Å². The Labute approximate surface area is 198 Å². The van der Waals surface area contributed by atoms with Crippen LogP contribution in [0.3, 0.4) is 0 Å². The fourth-order valence-corrected chi connectivity index (χ4v) is 4.30. The molecule has 4 rings (SSSR count). The zero-order valence-corrected chi connectivity index (χ0v) is 19.5. The van der Waals surface area contributed by atoms with E-state index in [9.17, 15) is 9.90 Å². The molecular formula is C28H26ClNO3. The molecule has 0 saturated carbocycles. The highest BCUT2D eigenvalue weighted by molar-refractivity contribution is 6.30. The minimum atomic E-state index is -1.05. The van der Waals surface area contributed by atoms with Crippen molar-refractivity contribution >= 4 is 28.3 Å². The Morgan fingerprint density at radius 2 is 1.70 bits per heavy atom. The summed E-state index contributed by atoms with van der Waals surface area (Å²) in [6, 6.07) is 19.8. The van der Waals surface area contributed by atoms with Crippen molar-refractivity contribution in [3.8, 4) is 22.3 Å². The Hall–Kier alpha value is -3.21. The number of hydrogen-bond acceptors (Lipinski definition) is 3. The number of halogens is 1. The number of pyridine rings is 1. The van der Waals surface area contributed by atoms with E-state index in [0.717, 1.165) is 51.4 Å². The predicted octanol–water partition coefficient (Wildman–Crippen LogP) is 7.47. The van der Waals surface area contributed by atoms with Gasteiger partial charge in [-0.05, 0) is 82.3 Å². The first-order chi connectivity index (χ1) is 16.0. The summed E-state index contributed by atoms with van der Waals surface area (Å²) >= 11 is 6.15. The first-order valence-electron chi connectivity index (χ1n) is 11.1. The standard InChI is InChI=1S/C28H26ClNO3/c1-3-4-15-33-27(28(31)32)25-18(2)16-22-17-21(19-11-13-30-14-12-19)7-10-24(22)26(25)20-5-8-23(29)9-6-20/h5-14,16-17,27H,3-4,15H2,1-2H3,(H,31,32). The van der Waals surface area contributed by atoms with Crippen LogP contribution in [-0.4, -0.2) is 22.7 Å². The maximum Gasteiger partial charge on any atom is 0.337 e. The van der Waals surface area contributed by atoms with E-state index >= 15 is 0 Å². The largest absolute Gasteiger partial charge is 0.479 e. The number of nitrogens with zero attached hydrogens (tertiary/aromatic N) is 1. The van der Waals surface area contributed by atoms with E-state index in [2.05, 4.69) is 30.1 Å². The number of hydrogen-bond donors (Lipinski definition) is 1. The Kier molecular flexibility index (Phi) is 7.07. The van der Waals surface area contributed by atoms with Gasteiger partial charge < -0.3 is 9.84 Å². The molecule has 4 nitrogen and oxygen atoms in total. The van der Waals surface area contributed by atoms with Crippen LogP contribution in [0.4, 0.5) is 0 Å². The molecule has 5 heteroatoms. The summed E-state index contributed by atoms with van der Waals surface area (Å²) < 4.78 is 5.91. The van der Waals surface area contributed by atoms with Gasteiger partial charge in [-0.1, -0.05) is 55.3 Å². The number of carbonyl (C=O) groups is 1. The van der Waals surface area contributed by atoms with Crippen molar-refractivity contribution in [2.45, 2.75) is 32.8 Å². The van der Waals surface area contributed by atoms with Crippen molar-refractivity contribution in [3.05, 3.63) is 89.2 Å². The van der Waals surface area contributed by atoms with Crippen LogP contribution in [0, 0.1) is 6.92 Å². The molecular weight excluding hydrogens is 434 g/mol. The highest BCUT2D eigenvalue weighted by Gasteiger charge is 2.27. The molecule has 168 valence electrons. The van der Waals surface area contributed by atoms with Crippen LogP contribution in [0.2, 0.25) is 5.02 Å². The van der Waals surface area contributed by atoms with Gasteiger partial charge in [0.1, 0.15) is 0 Å². The van der Waals surface area contributed by atoms with E-state index in [1.165, 1.54) is 0 Å². The van der Waals surface area contributed by atoms with E-state index in [4.69, 9.17) is 16.3 Å². The lowest BCUT2D eigenvalue weighted by Gasteiger charge is -2.23. The third-order valence-electron chi connectivity index (χ3n) is 5.80. The minimum Gasteiger partial charge on any atom is -0.479 e. The van der Waals surface area contributed by atoms with Crippen molar-refractivity contribution in [3.63, 3.8) is 0 Å². The van der Waals surface area contributed by atoms with Gasteiger partial charge in [0.2, 0.25) is 0 Å². The number of carboxylic acids is 1. The second-order valence-corrected chi connectivity index (χ2v) is 8.54. The number of aromatic nitrogens is 1. The van der Waals surface area contributed by atoms with Gasteiger partial charge in [-0.25, -0.2) is 4.79 Å². The Morgan fingerprint density at radius 3 is 2.36 bits per heavy atom. The number of benzene rings is 3. The van der Waals surface area contributed by atoms with Gasteiger partial charge >= 0.3 is 5.97 Å². The van der Waals surface area contributed by atoms with Crippen molar-refractivity contribution in [1.82, 2.24) is 4.98 Å². The molecule has 0 aliphatic carbocycles. The van der Waals surface area contributed by atoms with Crippen molar-refractivity contribution in [2.24, 2.45) is 0 Å². The van der Waals surface area contributed by atoms with E-state index in [0.29, 0.717) is 17.2 Å². The molecule has 0 bridgehead atoms. The van der Waals surface area contributed by atoms with E-state index in [1.54, 1.807) is 12.4 Å². The van der Waals surface area contributed by atoms with Crippen LogP contribution in [0.25, 0.3) is 33.0 Å². The predicted molar refractivity (Wildman–Crippen MR) is 134 cm³/mol. The van der Waals surface area contributed by atoms with Gasteiger partial charge in [0.05, 0.1) is 0 Å². The fraction of sp³-hybridized carbons (Fsp3) is 0.214. The molecule has 1 N–H and O–H groups in total. The molecule has 1 atom stereocenters. The lowest BCUT2D eigenvalue weighted by atomic mass is 9.86. The number of unbranched alkanes of at least 4 members (excludes halogenated alkanes) is 1. The molecule has 0 amide bonds. The molecule has 4 aromatic rings. The molecule has 3 aromatic carbocycles. The summed E-state index contributed by atoms with van der Waals surface area (Å²) in [6.07, 6.45) is 4.25. The molecule has 1 unspecified atom stereocenters. The molecule has 0 spiro atoms. The van der Waals surface area contributed by atoms with Crippen LogP contribution in [-0.2, 0) is 9.53 Å². The Bertz CT molecular complexity index is 1270. The molecule has 33 heavy (non-hydrogen) atoms. The summed E-state index contributed by atoms with van der Waals surface area (Å²) in [5.41, 5.74) is 5.49. The molecule has 0 saturated heterocycles. The summed E-state index contributed by atoms with van der Waals surface area (Å²) in [5.74, 6) is -0.989. The van der Waals surface area contributed by atoms with E-state index < -0.39 is 12.1 Å². The number of aliphatic carboxylic acids is 1. The topological polar surface area (TPSA) is 59.4 Å². The first kappa shape index (κ1) is 23.0. The van der Waals surface area contributed by atoms with Gasteiger partial charge in [0.25, 0.3) is 0 Å². The Balaban J connectivity index is 1.96. The number of carboxylic acid groups (broad SMARTS) is 1. The molecule has 0 aliphatic heterocycles. The smallest absolute Gasteiger partial charge is 0.337 e. The number of ether oxygens (including phenoxy) is 1. The van der Waals surface area contributed by atoms with E-state index in [-0.39, 0.29) is 0 Å². The van der Waals surface area contributed by atoms with Gasteiger partial charge in [-0.2, -0.15) is 0 Å². The van der Waals surface area contributed by atoms with Gasteiger partial charge in [0.15, 0.2) is 6.10 Å². The van der Waals surface area contributed by atoms with E-state index in [1.807, 2.05) is 49.4 Å². The average Bonchev–Trinajstić information content (AvgIpc) is 2.82. The third-order valence-corrected chi connectivity index (χ3v) is 6.05. The Morgan fingerprint density at radius 1 is 1.00 bits per heavy atom. The quantitative estimate of drug-likeness (QED) is 0.277. The summed E-state index contributed by atoms with van der Waals surface area (Å²) in [4.78, 5) is 16.4. The van der Waals surface area contributed by atoms with Crippen molar-refractivity contribution in [2.75, 3.05) is 6.61 Å². The zero-order valence-electron chi connectivity index (χ0n) is 18.7. The second-order valence-electron chi connectivity index (χ2n) is 8.10. The number of fused-ring (bicyclic) bond motifs is 1. The molecule has 0 fully saturated rings. The average molecular weight is 460 g/mol. The van der Waals surface area contributed by atoms with Crippen LogP contribution < -0.4 is 0 Å². The maximum absolute atomic E-state index is 12.3. The molecule has 1 heterocycles. The maximum atomic E-state index is 12.3. The van der Waals surface area contributed by atoms with Crippen molar-refractivity contribution in [1.29, 1.82) is 0 Å². The molecule has 1 aromatic heterocycles. The highest BCUT2D eigenvalue weighted by atomic mass is 35.5. The molecule has 0 aliphatic rings. The minimum absolute atomic E-state index is 0.395. The van der Waals surface area contributed by atoms with Gasteiger partial charge in [-0.3, -0.25) is 4.98 Å². The SMILES string of the molecule is CCCCOC(C(=O)O)c1c(C)cc2cc(-c3ccncc3)ccc2c1-c1ccc(Cl)cc1. The number of rotatable bonds is 8. The monoisotopic (exact) mass is 459 g/mol. The van der Waals surface area contributed by atoms with Gasteiger partial charge in [-0.15, -0.1) is 0 Å².